The molecule has 0 saturated carbocycles. The molecule has 1 aromatic heterocycles. The number of aryl methyl sites for hydroxylation is 4. The highest BCUT2D eigenvalue weighted by molar-refractivity contribution is 5.92. The summed E-state index contributed by atoms with van der Waals surface area (Å²) in [6, 6.07) is 14.2. The van der Waals surface area contributed by atoms with Gasteiger partial charge in [0.2, 0.25) is 11.2 Å². The quantitative estimate of drug-likeness (QED) is 0.306. The predicted octanol–water partition coefficient (Wildman–Crippen LogP) is 6.86. The van der Waals surface area contributed by atoms with Crippen LogP contribution in [0.2, 0.25) is 0 Å². The Hall–Kier alpha value is -4.27. The van der Waals surface area contributed by atoms with Crippen LogP contribution in [0.15, 0.2) is 63.8 Å². The maximum absolute atomic E-state index is 13.8. The van der Waals surface area contributed by atoms with E-state index in [2.05, 4.69) is 5.32 Å². The van der Waals surface area contributed by atoms with Crippen molar-refractivity contribution in [3.8, 4) is 17.2 Å². The second-order valence-corrected chi connectivity index (χ2v) is 8.83. The molecule has 1 amide bonds. The second kappa shape index (κ2) is 10.0. The highest BCUT2D eigenvalue weighted by Crippen LogP contribution is 2.39. The molecule has 0 spiro atoms. The van der Waals surface area contributed by atoms with Gasteiger partial charge in [-0.3, -0.25) is 9.59 Å². The number of alkyl halides is 3. The molecule has 1 N–H and O–H groups in total. The number of hydrogen-bond acceptors (Lipinski definition) is 5. The third-order valence-corrected chi connectivity index (χ3v) is 5.52. The van der Waals surface area contributed by atoms with Gasteiger partial charge in [-0.1, -0.05) is 23.8 Å². The van der Waals surface area contributed by atoms with E-state index in [-0.39, 0.29) is 22.5 Å². The maximum atomic E-state index is 13.8. The van der Waals surface area contributed by atoms with Crippen molar-refractivity contribution in [2.45, 2.75) is 33.9 Å². The van der Waals surface area contributed by atoms with Crippen LogP contribution in [-0.2, 0) is 11.0 Å². The Morgan fingerprint density at radius 3 is 2.24 bits per heavy atom. The molecule has 0 atom stereocenters. The number of fused-ring (bicyclic) bond motifs is 1. The first-order valence-corrected chi connectivity index (χ1v) is 11.3. The Kier molecular flexibility index (Phi) is 6.98. The van der Waals surface area contributed by atoms with Crippen LogP contribution in [0.5, 0.6) is 17.2 Å². The van der Waals surface area contributed by atoms with E-state index in [0.717, 1.165) is 28.3 Å². The number of rotatable bonds is 6. The van der Waals surface area contributed by atoms with Crippen molar-refractivity contribution < 1.29 is 31.9 Å². The number of nitrogens with one attached hydrogen (secondary N) is 1. The zero-order valence-corrected chi connectivity index (χ0v) is 20.6. The van der Waals surface area contributed by atoms with Crippen molar-refractivity contribution in [2.24, 2.45) is 0 Å². The number of benzene rings is 3. The van der Waals surface area contributed by atoms with Gasteiger partial charge in [-0.25, -0.2) is 0 Å². The molecule has 0 fully saturated rings. The minimum Gasteiger partial charge on any atom is -0.484 e. The highest BCUT2D eigenvalue weighted by atomic mass is 19.4. The van der Waals surface area contributed by atoms with E-state index < -0.39 is 35.6 Å². The van der Waals surface area contributed by atoms with Crippen molar-refractivity contribution in [2.75, 3.05) is 11.9 Å². The molecule has 37 heavy (non-hydrogen) atoms. The van der Waals surface area contributed by atoms with Crippen molar-refractivity contribution >= 4 is 22.6 Å². The van der Waals surface area contributed by atoms with Crippen molar-refractivity contribution in [1.82, 2.24) is 0 Å². The first-order chi connectivity index (χ1) is 17.4. The van der Waals surface area contributed by atoms with E-state index in [1.807, 2.05) is 32.0 Å². The van der Waals surface area contributed by atoms with Crippen LogP contribution in [0.25, 0.3) is 11.0 Å². The lowest BCUT2D eigenvalue weighted by atomic mass is 10.1. The molecule has 4 aromatic rings. The summed E-state index contributed by atoms with van der Waals surface area (Å²) in [5, 5.41) is 2.59. The van der Waals surface area contributed by atoms with E-state index in [0.29, 0.717) is 5.69 Å². The van der Waals surface area contributed by atoms with Gasteiger partial charge in [0.1, 0.15) is 17.1 Å². The summed E-state index contributed by atoms with van der Waals surface area (Å²) < 4.78 is 57.5. The normalized spacial score (nSPS) is 11.4. The zero-order valence-electron chi connectivity index (χ0n) is 20.6. The first-order valence-electron chi connectivity index (χ1n) is 11.3. The molecule has 0 unspecified atom stereocenters. The van der Waals surface area contributed by atoms with Crippen LogP contribution in [0, 0.1) is 27.7 Å². The summed E-state index contributed by atoms with van der Waals surface area (Å²) >= 11 is 0. The van der Waals surface area contributed by atoms with Crippen molar-refractivity contribution in [3.05, 3.63) is 92.8 Å². The Balaban J connectivity index is 1.61. The van der Waals surface area contributed by atoms with Gasteiger partial charge in [-0.15, -0.1) is 0 Å². The fraction of sp³-hybridized carbons (Fsp3) is 0.214. The minimum atomic E-state index is -5.00. The summed E-state index contributed by atoms with van der Waals surface area (Å²) in [5.41, 5.74) is 2.73. The monoisotopic (exact) mass is 511 g/mol. The van der Waals surface area contributed by atoms with Crippen LogP contribution in [0.1, 0.15) is 28.0 Å². The molecule has 4 rings (SSSR count). The molecule has 0 saturated heterocycles. The Morgan fingerprint density at radius 1 is 0.892 bits per heavy atom. The summed E-state index contributed by atoms with van der Waals surface area (Å²) in [6.45, 7) is 6.91. The summed E-state index contributed by atoms with van der Waals surface area (Å²) in [6.07, 6.45) is -5.00. The topological polar surface area (TPSA) is 77.8 Å². The van der Waals surface area contributed by atoms with Gasteiger partial charge >= 0.3 is 6.18 Å². The van der Waals surface area contributed by atoms with E-state index in [4.69, 9.17) is 13.9 Å². The fourth-order valence-corrected chi connectivity index (χ4v) is 3.92. The number of carbonyl (C=O) groups is 1. The van der Waals surface area contributed by atoms with Gasteiger partial charge in [-0.2, -0.15) is 13.2 Å². The molecule has 3 aromatic carbocycles. The lowest BCUT2D eigenvalue weighted by molar-refractivity contribution is -0.154. The summed E-state index contributed by atoms with van der Waals surface area (Å²) in [5.74, 6) is -2.82. The Morgan fingerprint density at radius 2 is 1.59 bits per heavy atom. The third-order valence-electron chi connectivity index (χ3n) is 5.52. The van der Waals surface area contributed by atoms with Crippen LogP contribution < -0.4 is 20.2 Å². The van der Waals surface area contributed by atoms with E-state index in [1.54, 1.807) is 19.9 Å². The SMILES string of the molecule is Cc1cc(C)cc(Oc2c(C(F)(F)F)oc3cc(OCC(=O)Nc4ccc(C)cc4C)ccc3c2=O)c1. The second-order valence-electron chi connectivity index (χ2n) is 8.83. The van der Waals surface area contributed by atoms with E-state index >= 15 is 0 Å². The van der Waals surface area contributed by atoms with Crippen LogP contribution >= 0.6 is 0 Å². The van der Waals surface area contributed by atoms with Gasteiger partial charge in [0.25, 0.3) is 11.7 Å². The Bertz CT molecular complexity index is 1540. The molecule has 9 heteroatoms. The maximum Gasteiger partial charge on any atom is 0.453 e. The first kappa shape index (κ1) is 25.8. The van der Waals surface area contributed by atoms with Crippen molar-refractivity contribution in [1.29, 1.82) is 0 Å². The number of amides is 1. The molecule has 1 heterocycles. The molecule has 192 valence electrons. The smallest absolute Gasteiger partial charge is 0.453 e. The number of halogens is 3. The van der Waals surface area contributed by atoms with Gasteiger partial charge in [0.05, 0.1) is 5.39 Å². The summed E-state index contributed by atoms with van der Waals surface area (Å²) in [4.78, 5) is 25.3. The number of anilines is 1. The Labute approximate surface area is 210 Å². The van der Waals surface area contributed by atoms with Gasteiger partial charge in [-0.05, 0) is 74.7 Å². The third kappa shape index (κ3) is 5.94. The molecular weight excluding hydrogens is 487 g/mol. The van der Waals surface area contributed by atoms with E-state index in [9.17, 15) is 22.8 Å². The molecular formula is C28H24F3NO5. The fourth-order valence-electron chi connectivity index (χ4n) is 3.92. The molecule has 0 aliphatic carbocycles. The molecule has 0 aliphatic heterocycles. The average Bonchev–Trinajstić information content (AvgIpc) is 2.80. The lowest BCUT2D eigenvalue weighted by Gasteiger charge is -2.14. The number of ether oxygens (including phenoxy) is 2. The van der Waals surface area contributed by atoms with E-state index in [1.165, 1.54) is 24.3 Å². The van der Waals surface area contributed by atoms with Crippen LogP contribution in [0.4, 0.5) is 18.9 Å². The number of hydrogen-bond donors (Lipinski definition) is 1. The van der Waals surface area contributed by atoms with Gasteiger partial charge in [0, 0.05) is 11.8 Å². The summed E-state index contributed by atoms with van der Waals surface area (Å²) in [7, 11) is 0. The van der Waals surface area contributed by atoms with Crippen LogP contribution in [-0.4, -0.2) is 12.5 Å². The van der Waals surface area contributed by atoms with Crippen LogP contribution in [0.3, 0.4) is 0 Å². The van der Waals surface area contributed by atoms with Gasteiger partial charge in [0.15, 0.2) is 6.61 Å². The predicted molar refractivity (Wildman–Crippen MR) is 134 cm³/mol. The minimum absolute atomic E-state index is 0.0579. The van der Waals surface area contributed by atoms with Crippen molar-refractivity contribution in [3.63, 3.8) is 0 Å². The molecule has 0 bridgehead atoms. The average molecular weight is 511 g/mol. The zero-order chi connectivity index (χ0) is 26.9. The largest absolute Gasteiger partial charge is 0.484 e. The standard InChI is InChI=1S/C28H24F3NO5/c1-15-5-8-22(18(4)10-15)32-24(33)14-35-19-6-7-21-23(13-19)37-27(28(29,30)31)26(25(21)34)36-20-11-16(2)9-17(3)12-20/h5-13H,14H2,1-4H3,(H,32,33). The molecule has 6 nitrogen and oxygen atoms in total. The lowest BCUT2D eigenvalue weighted by Crippen LogP contribution is -2.20. The molecule has 0 aliphatic rings. The molecule has 0 radical (unpaired) electrons. The number of carbonyl (C=O) groups excluding carboxylic acids is 1. The highest BCUT2D eigenvalue weighted by Gasteiger charge is 2.40. The van der Waals surface area contributed by atoms with Gasteiger partial charge < -0.3 is 19.2 Å².